The van der Waals surface area contributed by atoms with Gasteiger partial charge in [-0.15, -0.1) is 11.3 Å². The molecule has 0 amide bonds. The van der Waals surface area contributed by atoms with Crippen molar-refractivity contribution in [1.82, 2.24) is 0 Å². The third-order valence-electron chi connectivity index (χ3n) is 2.66. The van der Waals surface area contributed by atoms with Crippen molar-refractivity contribution in [3.05, 3.63) is 55.4 Å². The summed E-state index contributed by atoms with van der Waals surface area (Å²) in [5.74, 6) is -0.350. The highest BCUT2D eigenvalue weighted by molar-refractivity contribution is 9.11. The van der Waals surface area contributed by atoms with Crippen LogP contribution >= 0.6 is 27.3 Å². The summed E-state index contributed by atoms with van der Waals surface area (Å²) in [4.78, 5) is 0. The Kier molecular flexibility index (Phi) is 3.66. The maximum Gasteiger partial charge on any atom is 0.129 e. The zero-order chi connectivity index (χ0) is 12.6. The van der Waals surface area contributed by atoms with Gasteiger partial charge < -0.3 is 5.11 Å². The summed E-state index contributed by atoms with van der Waals surface area (Å²) in [6.07, 6.45) is -0.904. The van der Waals surface area contributed by atoms with Crippen LogP contribution in [-0.2, 0) is 0 Å². The molecule has 0 bridgehead atoms. The van der Waals surface area contributed by atoms with Crippen molar-refractivity contribution in [2.75, 3.05) is 0 Å². The summed E-state index contributed by atoms with van der Waals surface area (Å²) in [6, 6.07) is 5.14. The molecule has 0 fully saturated rings. The molecule has 0 saturated carbocycles. The van der Waals surface area contributed by atoms with Crippen molar-refractivity contribution in [3.63, 3.8) is 0 Å². The van der Waals surface area contributed by atoms with Crippen LogP contribution in [0, 0.1) is 19.7 Å². The Labute approximate surface area is 112 Å². The van der Waals surface area contributed by atoms with Gasteiger partial charge in [0, 0.05) is 5.56 Å². The third-order valence-corrected chi connectivity index (χ3v) is 4.18. The highest BCUT2D eigenvalue weighted by Crippen LogP contribution is 2.32. The summed E-state index contributed by atoms with van der Waals surface area (Å²) in [5.41, 5.74) is 2.72. The van der Waals surface area contributed by atoms with Gasteiger partial charge in [0.1, 0.15) is 11.9 Å². The standard InChI is InChI=1S/C13H12BrFOS/c1-7-3-8(2)12(10(15)4-7)13(16)9-5-11(14)17-6-9/h3-6,13,16H,1-2H3. The molecule has 0 radical (unpaired) electrons. The summed E-state index contributed by atoms with van der Waals surface area (Å²) in [5, 5.41) is 12.0. The second-order valence-electron chi connectivity index (χ2n) is 4.06. The first-order chi connectivity index (χ1) is 7.99. The second kappa shape index (κ2) is 4.88. The first kappa shape index (κ1) is 12.7. The molecule has 1 atom stereocenters. The first-order valence-electron chi connectivity index (χ1n) is 5.17. The molecule has 1 aromatic carbocycles. The van der Waals surface area contributed by atoms with Crippen molar-refractivity contribution in [2.45, 2.75) is 20.0 Å². The molecule has 4 heteroatoms. The number of thiophene rings is 1. The van der Waals surface area contributed by atoms with Gasteiger partial charge in [-0.1, -0.05) is 6.07 Å². The van der Waals surface area contributed by atoms with E-state index >= 15 is 0 Å². The number of halogens is 2. The number of rotatable bonds is 2. The molecule has 0 aliphatic heterocycles. The Morgan fingerprint density at radius 1 is 1.29 bits per heavy atom. The Morgan fingerprint density at radius 3 is 2.53 bits per heavy atom. The molecule has 90 valence electrons. The highest BCUT2D eigenvalue weighted by Gasteiger charge is 2.18. The van der Waals surface area contributed by atoms with Crippen LogP contribution in [0.25, 0.3) is 0 Å². The lowest BCUT2D eigenvalue weighted by molar-refractivity contribution is 0.214. The summed E-state index contributed by atoms with van der Waals surface area (Å²) >= 11 is 4.81. The van der Waals surface area contributed by atoms with Gasteiger partial charge in [0.25, 0.3) is 0 Å². The van der Waals surface area contributed by atoms with Crippen molar-refractivity contribution in [2.24, 2.45) is 0 Å². The molecule has 1 N–H and O–H groups in total. The fourth-order valence-electron chi connectivity index (χ4n) is 1.91. The Hall–Kier alpha value is -0.710. The van der Waals surface area contributed by atoms with E-state index in [4.69, 9.17) is 0 Å². The van der Waals surface area contributed by atoms with Crippen molar-refractivity contribution in [3.8, 4) is 0 Å². The molecule has 1 aromatic heterocycles. The lowest BCUT2D eigenvalue weighted by Crippen LogP contribution is -2.04. The van der Waals surface area contributed by atoms with Gasteiger partial charge in [-0.2, -0.15) is 0 Å². The van der Waals surface area contributed by atoms with E-state index in [1.807, 2.05) is 31.4 Å². The van der Waals surface area contributed by atoms with Gasteiger partial charge in [-0.25, -0.2) is 4.39 Å². The molecule has 17 heavy (non-hydrogen) atoms. The molecule has 0 spiro atoms. The smallest absolute Gasteiger partial charge is 0.129 e. The van der Waals surface area contributed by atoms with Crippen molar-refractivity contribution >= 4 is 27.3 Å². The average molecular weight is 315 g/mol. The largest absolute Gasteiger partial charge is 0.384 e. The van der Waals surface area contributed by atoms with Crippen LogP contribution in [0.1, 0.15) is 28.4 Å². The van der Waals surface area contributed by atoms with Gasteiger partial charge in [0.2, 0.25) is 0 Å². The minimum atomic E-state index is -0.904. The molecule has 1 nitrogen and oxygen atoms in total. The monoisotopic (exact) mass is 314 g/mol. The molecule has 1 heterocycles. The third kappa shape index (κ3) is 2.59. The minimum absolute atomic E-state index is 0.350. The van der Waals surface area contributed by atoms with E-state index < -0.39 is 6.10 Å². The number of hydrogen-bond acceptors (Lipinski definition) is 2. The number of hydrogen-bond donors (Lipinski definition) is 1. The number of aliphatic hydroxyl groups is 1. The second-order valence-corrected chi connectivity index (χ2v) is 6.35. The van der Waals surface area contributed by atoms with E-state index in [0.717, 1.165) is 14.9 Å². The summed E-state index contributed by atoms with van der Waals surface area (Å²) < 4.78 is 14.8. The maximum atomic E-state index is 13.9. The highest BCUT2D eigenvalue weighted by atomic mass is 79.9. The Morgan fingerprint density at radius 2 is 2.00 bits per heavy atom. The lowest BCUT2D eigenvalue weighted by Gasteiger charge is -2.14. The molecule has 0 saturated heterocycles. The predicted octanol–water partition coefficient (Wildman–Crippen LogP) is 4.35. The Balaban J connectivity index is 2.47. The quantitative estimate of drug-likeness (QED) is 0.873. The molecular weight excluding hydrogens is 303 g/mol. The zero-order valence-electron chi connectivity index (χ0n) is 9.50. The zero-order valence-corrected chi connectivity index (χ0v) is 11.9. The number of aryl methyl sites for hydroxylation is 2. The van der Waals surface area contributed by atoms with Gasteiger partial charge in [-0.05, 0) is 64.0 Å². The van der Waals surface area contributed by atoms with Crippen LogP contribution in [0.3, 0.4) is 0 Å². The van der Waals surface area contributed by atoms with Gasteiger partial charge in [0.15, 0.2) is 0 Å². The van der Waals surface area contributed by atoms with Crippen LogP contribution in [-0.4, -0.2) is 5.11 Å². The summed E-state index contributed by atoms with van der Waals surface area (Å²) in [6.45, 7) is 3.66. The number of benzene rings is 1. The molecule has 0 aliphatic carbocycles. The lowest BCUT2D eigenvalue weighted by atomic mass is 9.97. The fraction of sp³-hybridized carbons (Fsp3) is 0.231. The van der Waals surface area contributed by atoms with E-state index in [1.54, 1.807) is 0 Å². The SMILES string of the molecule is Cc1cc(C)c(C(O)c2csc(Br)c2)c(F)c1. The molecule has 2 rings (SSSR count). The van der Waals surface area contributed by atoms with E-state index in [-0.39, 0.29) is 5.82 Å². The van der Waals surface area contributed by atoms with Crippen LogP contribution < -0.4 is 0 Å². The van der Waals surface area contributed by atoms with Crippen LogP contribution in [0.15, 0.2) is 27.4 Å². The van der Waals surface area contributed by atoms with E-state index in [9.17, 15) is 9.50 Å². The van der Waals surface area contributed by atoms with Crippen molar-refractivity contribution < 1.29 is 9.50 Å². The van der Waals surface area contributed by atoms with E-state index in [0.29, 0.717) is 11.1 Å². The van der Waals surface area contributed by atoms with Crippen LogP contribution in [0.2, 0.25) is 0 Å². The molecule has 2 aromatic rings. The molecule has 1 unspecified atom stereocenters. The average Bonchev–Trinajstić information content (AvgIpc) is 2.63. The maximum absolute atomic E-state index is 13.9. The molecular formula is C13H12BrFOS. The molecule has 0 aliphatic rings. The predicted molar refractivity (Wildman–Crippen MR) is 72.0 cm³/mol. The fourth-order valence-corrected chi connectivity index (χ4v) is 3.10. The topological polar surface area (TPSA) is 20.2 Å². The van der Waals surface area contributed by atoms with Crippen molar-refractivity contribution in [1.29, 1.82) is 0 Å². The van der Waals surface area contributed by atoms with Crippen LogP contribution in [0.4, 0.5) is 4.39 Å². The van der Waals surface area contributed by atoms with Crippen LogP contribution in [0.5, 0.6) is 0 Å². The Bertz CT molecular complexity index is 527. The summed E-state index contributed by atoms with van der Waals surface area (Å²) in [7, 11) is 0. The normalized spacial score (nSPS) is 12.8. The number of aliphatic hydroxyl groups excluding tert-OH is 1. The van der Waals surface area contributed by atoms with Gasteiger partial charge in [0.05, 0.1) is 3.79 Å². The van der Waals surface area contributed by atoms with E-state index in [1.165, 1.54) is 17.4 Å². The van der Waals surface area contributed by atoms with Gasteiger partial charge >= 0.3 is 0 Å². The first-order valence-corrected chi connectivity index (χ1v) is 6.85. The van der Waals surface area contributed by atoms with Gasteiger partial charge in [-0.3, -0.25) is 0 Å². The van der Waals surface area contributed by atoms with E-state index in [2.05, 4.69) is 15.9 Å². The minimum Gasteiger partial charge on any atom is -0.384 e.